The van der Waals surface area contributed by atoms with Gasteiger partial charge in [0.1, 0.15) is 5.84 Å². The maximum absolute atomic E-state index is 8.51. The van der Waals surface area contributed by atoms with Crippen molar-refractivity contribution >= 4 is 5.84 Å². The van der Waals surface area contributed by atoms with Crippen molar-refractivity contribution in [1.82, 2.24) is 0 Å². The monoisotopic (exact) mass is 214 g/mol. The second kappa shape index (κ2) is 5.35. The van der Waals surface area contributed by atoms with Crippen molar-refractivity contribution in [3.8, 4) is 0 Å². The van der Waals surface area contributed by atoms with E-state index in [1.807, 2.05) is 0 Å². The Morgan fingerprint density at radius 2 is 2.27 bits per heavy atom. The van der Waals surface area contributed by atoms with Crippen LogP contribution in [-0.4, -0.2) is 23.8 Å². The number of rotatable bonds is 7. The summed E-state index contributed by atoms with van der Waals surface area (Å²) in [6, 6.07) is 0. The van der Waals surface area contributed by atoms with Gasteiger partial charge in [-0.2, -0.15) is 0 Å². The summed E-state index contributed by atoms with van der Waals surface area (Å²) < 4.78 is 5.76. The molecular weight excluding hydrogens is 192 g/mol. The highest BCUT2D eigenvalue weighted by Gasteiger charge is 2.43. The molecule has 15 heavy (non-hydrogen) atoms. The van der Waals surface area contributed by atoms with Gasteiger partial charge in [-0.1, -0.05) is 18.5 Å². The molecule has 0 amide bonds. The summed E-state index contributed by atoms with van der Waals surface area (Å²) in [4.78, 5) is 0. The Kier molecular flexibility index (Phi) is 4.39. The minimum Gasteiger partial charge on any atom is -0.409 e. The van der Waals surface area contributed by atoms with E-state index in [0.717, 1.165) is 32.3 Å². The molecule has 88 valence electrons. The molecule has 0 radical (unpaired) electrons. The van der Waals surface area contributed by atoms with Gasteiger partial charge >= 0.3 is 0 Å². The molecule has 1 unspecified atom stereocenters. The van der Waals surface area contributed by atoms with Crippen LogP contribution >= 0.6 is 0 Å². The zero-order valence-corrected chi connectivity index (χ0v) is 9.70. The molecule has 1 fully saturated rings. The second-order valence-corrected chi connectivity index (χ2v) is 4.68. The highest BCUT2D eigenvalue weighted by Crippen LogP contribution is 2.49. The van der Waals surface area contributed by atoms with Gasteiger partial charge in [0.25, 0.3) is 0 Å². The SMILES string of the molecule is CCCC(C)OCC1(CC(N)=NO)CC1. The first-order valence-corrected chi connectivity index (χ1v) is 5.70. The number of oxime groups is 1. The Bertz CT molecular complexity index is 225. The van der Waals surface area contributed by atoms with Crippen LogP contribution < -0.4 is 5.73 Å². The van der Waals surface area contributed by atoms with E-state index in [-0.39, 0.29) is 5.41 Å². The molecular formula is C11H22N2O2. The molecule has 1 aliphatic carbocycles. The quantitative estimate of drug-likeness (QED) is 0.295. The van der Waals surface area contributed by atoms with Gasteiger partial charge in [0.15, 0.2) is 0 Å². The van der Waals surface area contributed by atoms with Crippen LogP contribution in [0.2, 0.25) is 0 Å². The van der Waals surface area contributed by atoms with Gasteiger partial charge in [0.2, 0.25) is 0 Å². The molecule has 0 bridgehead atoms. The molecule has 1 atom stereocenters. The maximum Gasteiger partial charge on any atom is 0.139 e. The number of nitrogens with zero attached hydrogens (tertiary/aromatic N) is 1. The van der Waals surface area contributed by atoms with Crippen LogP contribution in [0.3, 0.4) is 0 Å². The Hall–Kier alpha value is -0.770. The van der Waals surface area contributed by atoms with E-state index in [0.29, 0.717) is 18.4 Å². The molecule has 0 aromatic carbocycles. The van der Waals surface area contributed by atoms with Crippen LogP contribution in [0.5, 0.6) is 0 Å². The highest BCUT2D eigenvalue weighted by molar-refractivity contribution is 5.80. The fourth-order valence-electron chi connectivity index (χ4n) is 1.78. The summed E-state index contributed by atoms with van der Waals surface area (Å²) in [5, 5.41) is 11.5. The Morgan fingerprint density at radius 1 is 1.60 bits per heavy atom. The molecule has 1 rings (SSSR count). The smallest absolute Gasteiger partial charge is 0.139 e. The van der Waals surface area contributed by atoms with Gasteiger partial charge in [-0.05, 0) is 26.2 Å². The molecule has 3 N–H and O–H groups in total. The largest absolute Gasteiger partial charge is 0.409 e. The molecule has 0 saturated heterocycles. The summed E-state index contributed by atoms with van der Waals surface area (Å²) in [6.45, 7) is 5.00. The molecule has 0 aliphatic heterocycles. The third kappa shape index (κ3) is 4.08. The van der Waals surface area contributed by atoms with Crippen LogP contribution in [0.4, 0.5) is 0 Å². The fraction of sp³-hybridized carbons (Fsp3) is 0.909. The number of amidine groups is 1. The van der Waals surface area contributed by atoms with Crippen LogP contribution in [0.1, 0.15) is 46.0 Å². The molecule has 1 aliphatic rings. The van der Waals surface area contributed by atoms with Gasteiger partial charge in [0, 0.05) is 11.8 Å². The summed E-state index contributed by atoms with van der Waals surface area (Å²) >= 11 is 0. The maximum atomic E-state index is 8.51. The molecule has 4 heteroatoms. The Morgan fingerprint density at radius 3 is 2.73 bits per heavy atom. The van der Waals surface area contributed by atoms with Gasteiger partial charge < -0.3 is 15.7 Å². The van der Waals surface area contributed by atoms with E-state index >= 15 is 0 Å². The lowest BCUT2D eigenvalue weighted by Crippen LogP contribution is -2.23. The lowest BCUT2D eigenvalue weighted by Gasteiger charge is -2.18. The lowest BCUT2D eigenvalue weighted by atomic mass is 10.0. The number of nitrogens with two attached hydrogens (primary N) is 1. The summed E-state index contributed by atoms with van der Waals surface area (Å²) in [7, 11) is 0. The molecule has 4 nitrogen and oxygen atoms in total. The van der Waals surface area contributed by atoms with Crippen molar-refractivity contribution in [3.63, 3.8) is 0 Å². The van der Waals surface area contributed by atoms with E-state index < -0.39 is 0 Å². The number of ether oxygens (including phenoxy) is 1. The lowest BCUT2D eigenvalue weighted by molar-refractivity contribution is 0.0293. The van der Waals surface area contributed by atoms with Crippen LogP contribution in [0.25, 0.3) is 0 Å². The summed E-state index contributed by atoms with van der Waals surface area (Å²) in [5.74, 6) is 0.319. The molecule has 0 spiro atoms. The van der Waals surface area contributed by atoms with E-state index in [4.69, 9.17) is 15.7 Å². The second-order valence-electron chi connectivity index (χ2n) is 4.68. The minimum absolute atomic E-state index is 0.165. The predicted octanol–water partition coefficient (Wildman–Crippen LogP) is 2.11. The topological polar surface area (TPSA) is 67.8 Å². The molecule has 0 aromatic heterocycles. The van der Waals surface area contributed by atoms with Crippen LogP contribution in [0.15, 0.2) is 5.16 Å². The van der Waals surface area contributed by atoms with Crippen molar-refractivity contribution in [3.05, 3.63) is 0 Å². The van der Waals surface area contributed by atoms with Crippen molar-refractivity contribution in [1.29, 1.82) is 0 Å². The van der Waals surface area contributed by atoms with E-state index in [2.05, 4.69) is 19.0 Å². The first-order valence-electron chi connectivity index (χ1n) is 5.70. The van der Waals surface area contributed by atoms with Gasteiger partial charge in [-0.3, -0.25) is 0 Å². The van der Waals surface area contributed by atoms with E-state index in [9.17, 15) is 0 Å². The molecule has 0 aromatic rings. The first kappa shape index (κ1) is 12.3. The van der Waals surface area contributed by atoms with E-state index in [1.165, 1.54) is 0 Å². The van der Waals surface area contributed by atoms with Crippen molar-refractivity contribution < 1.29 is 9.94 Å². The van der Waals surface area contributed by atoms with Gasteiger partial charge in [-0.15, -0.1) is 0 Å². The predicted molar refractivity (Wildman–Crippen MR) is 60.0 cm³/mol. The highest BCUT2D eigenvalue weighted by atomic mass is 16.5. The summed E-state index contributed by atoms with van der Waals surface area (Å²) in [6.07, 6.45) is 5.47. The standard InChI is InChI=1S/C11H22N2O2/c1-3-4-9(2)15-8-11(5-6-11)7-10(12)13-14/h9,14H,3-8H2,1-2H3,(H2,12,13). The normalized spacial score (nSPS) is 21.3. The summed E-state index contributed by atoms with van der Waals surface area (Å²) in [5.41, 5.74) is 5.67. The zero-order chi connectivity index (χ0) is 11.3. The Balaban J connectivity index is 2.25. The molecule has 1 saturated carbocycles. The minimum atomic E-state index is 0.165. The van der Waals surface area contributed by atoms with Crippen molar-refractivity contribution in [2.24, 2.45) is 16.3 Å². The van der Waals surface area contributed by atoms with Crippen LogP contribution in [0, 0.1) is 5.41 Å². The van der Waals surface area contributed by atoms with E-state index in [1.54, 1.807) is 0 Å². The van der Waals surface area contributed by atoms with Gasteiger partial charge in [0.05, 0.1) is 12.7 Å². The average molecular weight is 214 g/mol. The number of hydrogen-bond acceptors (Lipinski definition) is 3. The van der Waals surface area contributed by atoms with Gasteiger partial charge in [-0.25, -0.2) is 0 Å². The fourth-order valence-corrected chi connectivity index (χ4v) is 1.78. The Labute approximate surface area is 91.5 Å². The average Bonchev–Trinajstić information content (AvgIpc) is 2.96. The zero-order valence-electron chi connectivity index (χ0n) is 9.70. The van der Waals surface area contributed by atoms with Crippen molar-refractivity contribution in [2.75, 3.05) is 6.61 Å². The third-order valence-corrected chi connectivity index (χ3v) is 3.01. The first-order chi connectivity index (χ1) is 7.12. The van der Waals surface area contributed by atoms with Crippen LogP contribution in [-0.2, 0) is 4.74 Å². The molecule has 0 heterocycles. The number of hydrogen-bond donors (Lipinski definition) is 2. The third-order valence-electron chi connectivity index (χ3n) is 3.01. The van der Waals surface area contributed by atoms with Crippen molar-refractivity contribution in [2.45, 2.75) is 52.1 Å².